The lowest BCUT2D eigenvalue weighted by Crippen LogP contribution is -2.33. The third kappa shape index (κ3) is 2.84. The molecule has 98 valence electrons. The van der Waals surface area contributed by atoms with E-state index in [4.69, 9.17) is 11.0 Å². The predicted molar refractivity (Wildman–Crippen MR) is 65.8 cm³/mol. The fourth-order valence-electron chi connectivity index (χ4n) is 2.01. The van der Waals surface area contributed by atoms with E-state index in [1.165, 1.54) is 0 Å². The first-order valence-electron chi connectivity index (χ1n) is 5.88. The quantitative estimate of drug-likeness (QED) is 0.875. The second kappa shape index (κ2) is 6.43. The van der Waals surface area contributed by atoms with Gasteiger partial charge in [0.25, 0.3) is 0 Å². The number of hydrogen-bond acceptors (Lipinski definition) is 3. The molecule has 1 atom stereocenters. The van der Waals surface area contributed by atoms with Crippen LogP contribution in [0.2, 0.25) is 0 Å². The average molecular weight is 253 g/mol. The molecule has 18 heavy (non-hydrogen) atoms. The Morgan fingerprint density at radius 2 is 2.11 bits per heavy atom. The van der Waals surface area contributed by atoms with Crippen molar-refractivity contribution in [2.75, 3.05) is 19.6 Å². The summed E-state index contributed by atoms with van der Waals surface area (Å²) in [6, 6.07) is 3.55. The number of rotatable bonds is 5. The minimum atomic E-state index is -0.777. The van der Waals surface area contributed by atoms with Crippen molar-refractivity contribution in [3.8, 4) is 6.07 Å². The van der Waals surface area contributed by atoms with Crippen LogP contribution in [0, 0.1) is 23.0 Å². The van der Waals surface area contributed by atoms with Gasteiger partial charge in [-0.3, -0.25) is 4.90 Å². The molecule has 0 amide bonds. The van der Waals surface area contributed by atoms with E-state index in [1.54, 1.807) is 13.0 Å². The van der Waals surface area contributed by atoms with E-state index in [0.717, 1.165) is 12.1 Å². The molecule has 1 aromatic rings. The normalized spacial score (nSPS) is 12.5. The second-order valence-electron chi connectivity index (χ2n) is 4.03. The Labute approximate surface area is 106 Å². The summed E-state index contributed by atoms with van der Waals surface area (Å²) in [6.45, 7) is 5.21. The Morgan fingerprint density at radius 1 is 1.44 bits per heavy atom. The van der Waals surface area contributed by atoms with E-state index in [9.17, 15) is 8.78 Å². The van der Waals surface area contributed by atoms with Crippen LogP contribution in [0.5, 0.6) is 0 Å². The number of nitrogens with two attached hydrogens (primary N) is 1. The molecule has 0 radical (unpaired) electrons. The van der Waals surface area contributed by atoms with Crippen LogP contribution in [0.1, 0.15) is 31.0 Å². The van der Waals surface area contributed by atoms with Crippen LogP contribution in [-0.2, 0) is 0 Å². The van der Waals surface area contributed by atoms with E-state index >= 15 is 0 Å². The maximum Gasteiger partial charge on any atom is 0.148 e. The lowest BCUT2D eigenvalue weighted by molar-refractivity contribution is 0.219. The number of nitriles is 1. The van der Waals surface area contributed by atoms with Crippen molar-refractivity contribution in [1.82, 2.24) is 4.90 Å². The van der Waals surface area contributed by atoms with Crippen LogP contribution >= 0.6 is 0 Å². The Hall–Kier alpha value is -1.51. The summed E-state index contributed by atoms with van der Waals surface area (Å²) in [4.78, 5) is 1.86. The molecule has 1 unspecified atom stereocenters. The van der Waals surface area contributed by atoms with Gasteiger partial charge in [0.1, 0.15) is 17.7 Å². The molecule has 1 aromatic carbocycles. The van der Waals surface area contributed by atoms with Gasteiger partial charge in [-0.25, -0.2) is 8.78 Å². The zero-order valence-electron chi connectivity index (χ0n) is 10.6. The molecule has 0 fully saturated rings. The SMILES string of the molecule is CCN(CCN)C(C)c1c(F)ccc(C#N)c1F. The van der Waals surface area contributed by atoms with Crippen LogP contribution in [0.3, 0.4) is 0 Å². The van der Waals surface area contributed by atoms with Crippen molar-refractivity contribution in [3.05, 3.63) is 34.9 Å². The summed E-state index contributed by atoms with van der Waals surface area (Å²) in [6.07, 6.45) is 0. The molecule has 5 heteroatoms. The number of nitrogens with zero attached hydrogens (tertiary/aromatic N) is 2. The summed E-state index contributed by atoms with van der Waals surface area (Å²) in [5, 5.41) is 8.77. The number of likely N-dealkylation sites (N-methyl/N-ethyl adjacent to an activating group) is 1. The molecule has 0 saturated carbocycles. The summed E-state index contributed by atoms with van der Waals surface area (Å²) in [5.41, 5.74) is 5.27. The topological polar surface area (TPSA) is 53.0 Å². The molecule has 1 rings (SSSR count). The van der Waals surface area contributed by atoms with E-state index in [2.05, 4.69) is 0 Å². The number of halogens is 2. The van der Waals surface area contributed by atoms with Crippen LogP contribution in [0.4, 0.5) is 8.78 Å². The zero-order valence-corrected chi connectivity index (χ0v) is 10.6. The van der Waals surface area contributed by atoms with E-state index in [1.807, 2.05) is 11.8 Å². The lowest BCUT2D eigenvalue weighted by atomic mass is 10.0. The third-order valence-corrected chi connectivity index (χ3v) is 3.04. The fraction of sp³-hybridized carbons (Fsp3) is 0.462. The molecular weight excluding hydrogens is 236 g/mol. The molecule has 2 N–H and O–H groups in total. The lowest BCUT2D eigenvalue weighted by Gasteiger charge is -2.28. The van der Waals surface area contributed by atoms with Gasteiger partial charge >= 0.3 is 0 Å². The highest BCUT2D eigenvalue weighted by Crippen LogP contribution is 2.27. The first-order valence-corrected chi connectivity index (χ1v) is 5.88. The zero-order chi connectivity index (χ0) is 13.7. The Bertz CT molecular complexity index is 454. The molecule has 0 aliphatic carbocycles. The van der Waals surface area contributed by atoms with Crippen LogP contribution in [0.25, 0.3) is 0 Å². The van der Waals surface area contributed by atoms with Gasteiger partial charge in [-0.1, -0.05) is 6.92 Å². The molecule has 0 spiro atoms. The Balaban J connectivity index is 3.19. The predicted octanol–water partition coefficient (Wildman–Crippen LogP) is 2.18. The Kier molecular flexibility index (Phi) is 5.20. The molecule has 0 saturated heterocycles. The average Bonchev–Trinajstić information content (AvgIpc) is 2.36. The number of benzene rings is 1. The van der Waals surface area contributed by atoms with Crippen molar-refractivity contribution >= 4 is 0 Å². The fourth-order valence-corrected chi connectivity index (χ4v) is 2.01. The van der Waals surface area contributed by atoms with Crippen LogP contribution in [-0.4, -0.2) is 24.5 Å². The molecule has 0 aliphatic rings. The van der Waals surface area contributed by atoms with Crippen molar-refractivity contribution in [3.63, 3.8) is 0 Å². The maximum atomic E-state index is 14.0. The first kappa shape index (κ1) is 14.6. The molecule has 0 heterocycles. The largest absolute Gasteiger partial charge is 0.329 e. The highest BCUT2D eigenvalue weighted by atomic mass is 19.1. The van der Waals surface area contributed by atoms with Crippen LogP contribution < -0.4 is 5.73 Å². The monoisotopic (exact) mass is 253 g/mol. The van der Waals surface area contributed by atoms with Gasteiger partial charge in [-0.2, -0.15) is 5.26 Å². The minimum Gasteiger partial charge on any atom is -0.329 e. The molecular formula is C13H17F2N3. The standard InChI is InChI=1S/C13H17F2N3/c1-3-18(7-6-16)9(2)12-11(14)5-4-10(8-17)13(12)15/h4-5,9H,3,6-7,16H2,1-2H3. The van der Waals surface area contributed by atoms with Gasteiger partial charge in [-0.15, -0.1) is 0 Å². The van der Waals surface area contributed by atoms with Gasteiger partial charge in [0, 0.05) is 24.7 Å². The minimum absolute atomic E-state index is 0.0654. The van der Waals surface area contributed by atoms with Gasteiger partial charge in [0.05, 0.1) is 5.56 Å². The van der Waals surface area contributed by atoms with Crippen molar-refractivity contribution < 1.29 is 8.78 Å². The summed E-state index contributed by atoms with van der Waals surface area (Å²) in [7, 11) is 0. The highest BCUT2D eigenvalue weighted by Gasteiger charge is 2.23. The molecule has 0 aromatic heterocycles. The molecule has 3 nitrogen and oxygen atoms in total. The Morgan fingerprint density at radius 3 is 2.61 bits per heavy atom. The van der Waals surface area contributed by atoms with Gasteiger partial charge < -0.3 is 5.73 Å². The summed E-state index contributed by atoms with van der Waals surface area (Å²) in [5.74, 6) is -1.41. The van der Waals surface area contributed by atoms with Crippen molar-refractivity contribution in [2.24, 2.45) is 5.73 Å². The van der Waals surface area contributed by atoms with E-state index in [0.29, 0.717) is 19.6 Å². The summed E-state index contributed by atoms with van der Waals surface area (Å²) < 4.78 is 27.7. The third-order valence-electron chi connectivity index (χ3n) is 3.04. The van der Waals surface area contributed by atoms with Gasteiger partial charge in [0.15, 0.2) is 0 Å². The maximum absolute atomic E-state index is 14.0. The number of hydrogen-bond donors (Lipinski definition) is 1. The van der Waals surface area contributed by atoms with Crippen molar-refractivity contribution in [1.29, 1.82) is 5.26 Å². The van der Waals surface area contributed by atoms with E-state index < -0.39 is 17.7 Å². The van der Waals surface area contributed by atoms with Crippen molar-refractivity contribution in [2.45, 2.75) is 19.9 Å². The molecule has 0 bridgehead atoms. The smallest absolute Gasteiger partial charge is 0.148 e. The second-order valence-corrected chi connectivity index (χ2v) is 4.03. The van der Waals surface area contributed by atoms with Crippen LogP contribution in [0.15, 0.2) is 12.1 Å². The van der Waals surface area contributed by atoms with E-state index in [-0.39, 0.29) is 11.1 Å². The summed E-state index contributed by atoms with van der Waals surface area (Å²) >= 11 is 0. The van der Waals surface area contributed by atoms with Gasteiger partial charge in [0.2, 0.25) is 0 Å². The highest BCUT2D eigenvalue weighted by molar-refractivity contribution is 5.37. The van der Waals surface area contributed by atoms with Gasteiger partial charge in [-0.05, 0) is 25.6 Å². The molecule has 0 aliphatic heterocycles. The first-order chi connectivity index (χ1) is 8.56.